The number of ether oxygens (including phenoxy) is 1. The highest BCUT2D eigenvalue weighted by Crippen LogP contribution is 2.34. The lowest BCUT2D eigenvalue weighted by molar-refractivity contribution is -0.137. The maximum Gasteiger partial charge on any atom is 0.416 e. The number of hydrogen-bond acceptors (Lipinski definition) is 6. The van der Waals surface area contributed by atoms with Crippen molar-refractivity contribution in [3.05, 3.63) is 71.4 Å². The number of imidazole rings is 1. The van der Waals surface area contributed by atoms with Gasteiger partial charge in [0.25, 0.3) is 0 Å². The molecule has 34 heavy (non-hydrogen) atoms. The number of carbonyl (C=O) groups is 1. The first-order chi connectivity index (χ1) is 16.2. The second-order valence-corrected chi connectivity index (χ2v) is 8.97. The van der Waals surface area contributed by atoms with E-state index in [1.807, 2.05) is 12.3 Å². The summed E-state index contributed by atoms with van der Waals surface area (Å²) in [6, 6.07) is 12.1. The molecule has 0 radical (unpaired) electrons. The van der Waals surface area contributed by atoms with Gasteiger partial charge in [0, 0.05) is 16.6 Å². The standard InChI is InChI=1S/C23H19F3N4O2S2/c1-14-12-33-21(28-14)29-20(31)13-34-22-27-11-19(15-6-8-18(32-2)9-7-15)30(22)17-5-3-4-16(10-17)23(24,25)26/h3-12H,13H2,1-2H3,(H,28,29,31). The molecule has 1 amide bonds. The molecule has 0 bridgehead atoms. The van der Waals surface area contributed by atoms with Crippen molar-refractivity contribution in [2.45, 2.75) is 18.3 Å². The number of hydrogen-bond donors (Lipinski definition) is 1. The Morgan fingerprint density at radius 1 is 1.21 bits per heavy atom. The fraction of sp³-hybridized carbons (Fsp3) is 0.174. The van der Waals surface area contributed by atoms with E-state index in [0.717, 1.165) is 35.2 Å². The van der Waals surface area contributed by atoms with E-state index in [0.29, 0.717) is 21.7 Å². The molecule has 6 nitrogen and oxygen atoms in total. The monoisotopic (exact) mass is 504 g/mol. The number of methoxy groups -OCH3 is 1. The number of aromatic nitrogens is 3. The van der Waals surface area contributed by atoms with Gasteiger partial charge in [0.15, 0.2) is 10.3 Å². The van der Waals surface area contributed by atoms with Crippen molar-refractivity contribution in [2.24, 2.45) is 0 Å². The predicted octanol–water partition coefficient (Wildman–Crippen LogP) is 6.06. The van der Waals surface area contributed by atoms with Gasteiger partial charge in [0.05, 0.1) is 36.0 Å². The highest BCUT2D eigenvalue weighted by Gasteiger charge is 2.31. The van der Waals surface area contributed by atoms with Gasteiger partial charge in [-0.15, -0.1) is 11.3 Å². The van der Waals surface area contributed by atoms with Crippen LogP contribution in [0, 0.1) is 6.92 Å². The number of benzene rings is 2. The Morgan fingerprint density at radius 2 is 1.97 bits per heavy atom. The Morgan fingerprint density at radius 3 is 2.62 bits per heavy atom. The lowest BCUT2D eigenvalue weighted by atomic mass is 10.1. The van der Waals surface area contributed by atoms with Gasteiger partial charge in [-0.1, -0.05) is 17.8 Å². The summed E-state index contributed by atoms with van der Waals surface area (Å²) in [5.74, 6) is 0.373. The summed E-state index contributed by atoms with van der Waals surface area (Å²) >= 11 is 2.44. The molecule has 2 aromatic carbocycles. The second kappa shape index (κ2) is 9.90. The summed E-state index contributed by atoms with van der Waals surface area (Å²) in [5.41, 5.74) is 1.64. The number of amides is 1. The molecule has 0 aliphatic rings. The van der Waals surface area contributed by atoms with Gasteiger partial charge < -0.3 is 10.1 Å². The summed E-state index contributed by atoms with van der Waals surface area (Å²) in [6.07, 6.45) is -2.91. The van der Waals surface area contributed by atoms with Crippen LogP contribution >= 0.6 is 23.1 Å². The third-order valence-electron chi connectivity index (χ3n) is 4.74. The lowest BCUT2D eigenvalue weighted by Crippen LogP contribution is -2.14. The molecule has 176 valence electrons. The lowest BCUT2D eigenvalue weighted by Gasteiger charge is -2.14. The highest BCUT2D eigenvalue weighted by atomic mass is 32.2. The Kier molecular flexibility index (Phi) is 6.94. The van der Waals surface area contributed by atoms with E-state index in [1.54, 1.807) is 48.2 Å². The first kappa shape index (κ1) is 23.8. The predicted molar refractivity (Wildman–Crippen MR) is 127 cm³/mol. The minimum atomic E-state index is -4.49. The van der Waals surface area contributed by atoms with Crippen LogP contribution in [-0.4, -0.2) is 33.3 Å². The first-order valence-electron chi connectivity index (χ1n) is 9.99. The average Bonchev–Trinajstić information content (AvgIpc) is 3.43. The van der Waals surface area contributed by atoms with Crippen molar-refractivity contribution in [3.8, 4) is 22.7 Å². The topological polar surface area (TPSA) is 69.0 Å². The van der Waals surface area contributed by atoms with Crippen molar-refractivity contribution in [1.29, 1.82) is 0 Å². The Labute approximate surface area is 201 Å². The number of nitrogens with one attached hydrogen (secondary N) is 1. The summed E-state index contributed by atoms with van der Waals surface area (Å²) < 4.78 is 46.9. The highest BCUT2D eigenvalue weighted by molar-refractivity contribution is 7.99. The third-order valence-corrected chi connectivity index (χ3v) is 6.57. The van der Waals surface area contributed by atoms with Gasteiger partial charge in [-0.2, -0.15) is 13.2 Å². The molecule has 1 N–H and O–H groups in total. The molecule has 0 saturated heterocycles. The molecule has 0 atom stereocenters. The van der Waals surface area contributed by atoms with E-state index >= 15 is 0 Å². The molecular weight excluding hydrogens is 485 g/mol. The summed E-state index contributed by atoms with van der Waals surface area (Å²) in [6.45, 7) is 1.83. The number of anilines is 1. The molecule has 0 spiro atoms. The molecule has 0 unspecified atom stereocenters. The number of carbonyl (C=O) groups excluding carboxylic acids is 1. The van der Waals surface area contributed by atoms with Crippen LogP contribution in [0.4, 0.5) is 18.3 Å². The van der Waals surface area contributed by atoms with Crippen molar-refractivity contribution in [3.63, 3.8) is 0 Å². The van der Waals surface area contributed by atoms with Crippen molar-refractivity contribution < 1.29 is 22.7 Å². The SMILES string of the molecule is COc1ccc(-c2cnc(SCC(=O)Nc3nc(C)cs3)n2-c2cccc(C(F)(F)F)c2)cc1. The van der Waals surface area contributed by atoms with E-state index < -0.39 is 11.7 Å². The number of aryl methyl sites for hydroxylation is 1. The maximum atomic E-state index is 13.4. The Hall–Kier alpha value is -3.31. The quantitative estimate of drug-likeness (QED) is 0.310. The average molecular weight is 505 g/mol. The zero-order chi connectivity index (χ0) is 24.3. The van der Waals surface area contributed by atoms with E-state index in [4.69, 9.17) is 4.74 Å². The van der Waals surface area contributed by atoms with E-state index in [2.05, 4.69) is 15.3 Å². The third kappa shape index (κ3) is 5.42. The minimum absolute atomic E-state index is 0.0106. The van der Waals surface area contributed by atoms with Gasteiger partial charge in [0.1, 0.15) is 5.75 Å². The fourth-order valence-corrected chi connectivity index (χ4v) is 4.67. The van der Waals surface area contributed by atoms with Crippen LogP contribution in [-0.2, 0) is 11.0 Å². The van der Waals surface area contributed by atoms with Crippen LogP contribution in [0.5, 0.6) is 5.75 Å². The van der Waals surface area contributed by atoms with Crippen molar-refractivity contribution in [2.75, 3.05) is 18.2 Å². The van der Waals surface area contributed by atoms with Gasteiger partial charge in [-0.3, -0.25) is 9.36 Å². The molecule has 4 rings (SSSR count). The largest absolute Gasteiger partial charge is 0.497 e. The molecule has 4 aromatic rings. The number of halogens is 3. The molecule has 2 aromatic heterocycles. The number of thioether (sulfide) groups is 1. The van der Waals surface area contributed by atoms with Crippen LogP contribution in [0.15, 0.2) is 65.3 Å². The van der Waals surface area contributed by atoms with Crippen molar-refractivity contribution >= 4 is 34.1 Å². The van der Waals surface area contributed by atoms with Crippen LogP contribution in [0.3, 0.4) is 0 Å². The summed E-state index contributed by atoms with van der Waals surface area (Å²) in [7, 11) is 1.55. The van der Waals surface area contributed by atoms with Crippen LogP contribution in [0.25, 0.3) is 16.9 Å². The number of nitrogens with zero attached hydrogens (tertiary/aromatic N) is 3. The zero-order valence-corrected chi connectivity index (χ0v) is 19.7. The first-order valence-corrected chi connectivity index (χ1v) is 11.9. The van der Waals surface area contributed by atoms with E-state index in [-0.39, 0.29) is 17.3 Å². The van der Waals surface area contributed by atoms with Gasteiger partial charge in [-0.25, -0.2) is 9.97 Å². The van der Waals surface area contributed by atoms with Crippen molar-refractivity contribution in [1.82, 2.24) is 14.5 Å². The Balaban J connectivity index is 1.67. The fourth-order valence-electron chi connectivity index (χ4n) is 3.17. The van der Waals surface area contributed by atoms with Crippen LogP contribution < -0.4 is 10.1 Å². The van der Waals surface area contributed by atoms with E-state index in [9.17, 15) is 18.0 Å². The Bertz CT molecular complexity index is 1300. The zero-order valence-electron chi connectivity index (χ0n) is 18.1. The molecule has 11 heteroatoms. The number of alkyl halides is 3. The summed E-state index contributed by atoms with van der Waals surface area (Å²) in [4.78, 5) is 21.0. The molecule has 0 aliphatic heterocycles. The number of rotatable bonds is 7. The van der Waals surface area contributed by atoms with Crippen LogP contribution in [0.1, 0.15) is 11.3 Å². The molecular formula is C23H19F3N4O2S2. The molecule has 0 fully saturated rings. The maximum absolute atomic E-state index is 13.4. The second-order valence-electron chi connectivity index (χ2n) is 7.17. The van der Waals surface area contributed by atoms with E-state index in [1.165, 1.54) is 17.4 Å². The number of thiazole rings is 1. The van der Waals surface area contributed by atoms with Gasteiger partial charge >= 0.3 is 6.18 Å². The minimum Gasteiger partial charge on any atom is -0.497 e. The van der Waals surface area contributed by atoms with Crippen LogP contribution in [0.2, 0.25) is 0 Å². The summed E-state index contributed by atoms with van der Waals surface area (Å²) in [5, 5.41) is 5.42. The molecule has 0 aliphatic carbocycles. The molecule has 2 heterocycles. The molecule has 0 saturated carbocycles. The normalized spacial score (nSPS) is 11.4. The van der Waals surface area contributed by atoms with Gasteiger partial charge in [-0.05, 0) is 49.4 Å². The van der Waals surface area contributed by atoms with Gasteiger partial charge in [0.2, 0.25) is 5.91 Å². The smallest absolute Gasteiger partial charge is 0.416 e.